The average Bonchev–Trinajstić information content (AvgIpc) is 3.08. The Morgan fingerprint density at radius 2 is 2.07 bits per heavy atom. The van der Waals surface area contributed by atoms with E-state index in [1.165, 1.54) is 0 Å². The van der Waals surface area contributed by atoms with Crippen molar-refractivity contribution < 1.29 is 27.5 Å². The Hall–Kier alpha value is -2.29. The fraction of sp³-hybridized carbons (Fsp3) is 0.579. The predicted octanol–water partition coefficient (Wildman–Crippen LogP) is 1.67. The smallest absolute Gasteiger partial charge is 0.393 e. The minimum Gasteiger partial charge on any atom is -0.485 e. The molecule has 1 spiro atoms. The molecule has 0 aliphatic carbocycles. The predicted molar refractivity (Wildman–Crippen MR) is 93.5 cm³/mol. The van der Waals surface area contributed by atoms with Gasteiger partial charge in [-0.25, -0.2) is 0 Å². The van der Waals surface area contributed by atoms with Crippen molar-refractivity contribution in [3.05, 3.63) is 29.8 Å². The van der Waals surface area contributed by atoms with Crippen LogP contribution in [0.5, 0.6) is 5.75 Å². The van der Waals surface area contributed by atoms with Crippen molar-refractivity contribution in [2.45, 2.75) is 37.1 Å². The van der Waals surface area contributed by atoms with Gasteiger partial charge in [-0.1, -0.05) is 18.2 Å². The number of piperidine rings is 1. The fourth-order valence-corrected chi connectivity index (χ4v) is 4.41. The normalized spacial score (nSPS) is 32.4. The van der Waals surface area contributed by atoms with Gasteiger partial charge in [-0.05, 0) is 12.6 Å². The second-order valence-electron chi connectivity index (χ2n) is 7.78. The molecule has 0 saturated carbocycles. The lowest BCUT2D eigenvalue weighted by atomic mass is 9.83. The molecule has 0 aromatic heterocycles. The van der Waals surface area contributed by atoms with E-state index in [1.807, 2.05) is 24.3 Å². The van der Waals surface area contributed by atoms with E-state index in [-0.39, 0.29) is 6.54 Å². The number of carbonyl (C=O) groups excluding carboxylic acids is 2. The summed E-state index contributed by atoms with van der Waals surface area (Å²) >= 11 is 0. The molecule has 3 N–H and O–H groups in total. The summed E-state index contributed by atoms with van der Waals surface area (Å²) in [7, 11) is 0. The van der Waals surface area contributed by atoms with Crippen molar-refractivity contribution in [1.82, 2.24) is 16.0 Å². The third kappa shape index (κ3) is 3.55. The van der Waals surface area contributed by atoms with Crippen molar-refractivity contribution >= 4 is 11.8 Å². The zero-order chi connectivity index (χ0) is 19.9. The lowest BCUT2D eigenvalue weighted by molar-refractivity contribution is -0.198. The third-order valence-corrected chi connectivity index (χ3v) is 5.89. The van der Waals surface area contributed by atoms with Crippen LogP contribution in [-0.4, -0.2) is 43.2 Å². The molecule has 152 valence electrons. The molecule has 4 atom stereocenters. The van der Waals surface area contributed by atoms with E-state index in [0.717, 1.165) is 18.5 Å². The molecule has 6 nitrogen and oxygen atoms in total. The minimum atomic E-state index is -4.61. The topological polar surface area (TPSA) is 79.5 Å². The molecule has 2 amide bonds. The van der Waals surface area contributed by atoms with Crippen molar-refractivity contribution in [3.63, 3.8) is 0 Å². The SMILES string of the molecule is O=C1CC(C(F)(F)F)C(C(=O)NC2CC3(CCNC3)Oc3ccccc32)CN1. The van der Waals surface area contributed by atoms with Crippen molar-refractivity contribution in [2.75, 3.05) is 19.6 Å². The van der Waals surface area contributed by atoms with Gasteiger partial charge in [0.15, 0.2) is 0 Å². The summed E-state index contributed by atoms with van der Waals surface area (Å²) in [5.74, 6) is -4.04. The first-order valence-electron chi connectivity index (χ1n) is 9.40. The van der Waals surface area contributed by atoms with E-state index < -0.39 is 47.9 Å². The summed E-state index contributed by atoms with van der Waals surface area (Å²) in [5, 5.41) is 8.45. The molecule has 0 radical (unpaired) electrons. The van der Waals surface area contributed by atoms with Gasteiger partial charge in [0.2, 0.25) is 11.8 Å². The second-order valence-corrected chi connectivity index (χ2v) is 7.78. The van der Waals surface area contributed by atoms with Gasteiger partial charge < -0.3 is 20.7 Å². The largest absolute Gasteiger partial charge is 0.485 e. The van der Waals surface area contributed by atoms with Crippen LogP contribution in [0.3, 0.4) is 0 Å². The van der Waals surface area contributed by atoms with Crippen LogP contribution in [0.15, 0.2) is 24.3 Å². The van der Waals surface area contributed by atoms with E-state index in [4.69, 9.17) is 4.74 Å². The standard InChI is InChI=1S/C19H22F3N3O3/c20-19(21,22)13-7-16(26)24-9-12(13)17(27)25-14-8-18(5-6-23-10-18)28-15-4-2-1-3-11(14)15/h1-4,12-14,23H,5-10H2,(H,24,26)(H,25,27). The molecule has 2 saturated heterocycles. The van der Waals surface area contributed by atoms with Crippen LogP contribution >= 0.6 is 0 Å². The fourth-order valence-electron chi connectivity index (χ4n) is 4.41. The summed E-state index contributed by atoms with van der Waals surface area (Å²) in [6.07, 6.45) is -4.08. The lowest BCUT2D eigenvalue weighted by Gasteiger charge is -2.40. The molecule has 4 unspecified atom stereocenters. The lowest BCUT2D eigenvalue weighted by Crippen LogP contribution is -2.54. The van der Waals surface area contributed by atoms with Gasteiger partial charge in [-0.15, -0.1) is 0 Å². The molecular weight excluding hydrogens is 375 g/mol. The number of benzene rings is 1. The molecule has 1 aromatic rings. The summed E-state index contributed by atoms with van der Waals surface area (Å²) in [4.78, 5) is 24.3. The van der Waals surface area contributed by atoms with Crippen LogP contribution in [0, 0.1) is 11.8 Å². The van der Waals surface area contributed by atoms with Crippen LogP contribution in [0.2, 0.25) is 0 Å². The number of hydrogen-bond acceptors (Lipinski definition) is 4. The molecule has 28 heavy (non-hydrogen) atoms. The van der Waals surface area contributed by atoms with Crippen molar-refractivity contribution in [2.24, 2.45) is 11.8 Å². The van der Waals surface area contributed by atoms with Crippen LogP contribution < -0.4 is 20.7 Å². The number of halogens is 3. The molecule has 3 heterocycles. The van der Waals surface area contributed by atoms with Crippen molar-refractivity contribution in [3.8, 4) is 5.75 Å². The number of ether oxygens (including phenoxy) is 1. The highest BCUT2D eigenvalue weighted by atomic mass is 19.4. The molecular formula is C19H22F3N3O3. The molecule has 0 bridgehead atoms. The van der Waals surface area contributed by atoms with E-state index in [9.17, 15) is 22.8 Å². The van der Waals surface area contributed by atoms with E-state index in [0.29, 0.717) is 18.7 Å². The maximum atomic E-state index is 13.4. The van der Waals surface area contributed by atoms with Crippen LogP contribution in [0.4, 0.5) is 13.2 Å². The second kappa shape index (κ2) is 6.95. The number of carbonyl (C=O) groups is 2. The first kappa shape index (κ1) is 19.0. The molecule has 9 heteroatoms. The first-order valence-corrected chi connectivity index (χ1v) is 9.40. The van der Waals surface area contributed by atoms with E-state index in [1.54, 1.807) is 0 Å². The summed E-state index contributed by atoms with van der Waals surface area (Å²) < 4.78 is 46.4. The van der Waals surface area contributed by atoms with Gasteiger partial charge in [0.05, 0.1) is 17.9 Å². The highest BCUT2D eigenvalue weighted by Crippen LogP contribution is 2.43. The maximum Gasteiger partial charge on any atom is 0.393 e. The van der Waals surface area contributed by atoms with Gasteiger partial charge in [0.1, 0.15) is 11.4 Å². The van der Waals surface area contributed by atoms with Gasteiger partial charge in [-0.2, -0.15) is 13.2 Å². The maximum absolute atomic E-state index is 13.4. The molecule has 3 aliphatic rings. The molecule has 2 fully saturated rings. The van der Waals surface area contributed by atoms with Gasteiger partial charge in [0.25, 0.3) is 0 Å². The highest BCUT2D eigenvalue weighted by Gasteiger charge is 2.51. The monoisotopic (exact) mass is 397 g/mol. The van der Waals surface area contributed by atoms with Gasteiger partial charge in [-0.3, -0.25) is 9.59 Å². The molecule has 4 rings (SSSR count). The summed E-state index contributed by atoms with van der Waals surface area (Å²) in [6.45, 7) is 1.10. The highest BCUT2D eigenvalue weighted by molar-refractivity contribution is 5.84. The van der Waals surface area contributed by atoms with Gasteiger partial charge in [0, 0.05) is 37.9 Å². The summed E-state index contributed by atoms with van der Waals surface area (Å²) in [6, 6.07) is 6.83. The Bertz CT molecular complexity index is 777. The Morgan fingerprint density at radius 1 is 1.29 bits per heavy atom. The van der Waals surface area contributed by atoms with Crippen molar-refractivity contribution in [1.29, 1.82) is 0 Å². The quantitative estimate of drug-likeness (QED) is 0.710. The van der Waals surface area contributed by atoms with E-state index in [2.05, 4.69) is 16.0 Å². The van der Waals surface area contributed by atoms with Crippen LogP contribution in [0.25, 0.3) is 0 Å². The van der Waals surface area contributed by atoms with Crippen LogP contribution in [-0.2, 0) is 9.59 Å². The Labute approximate surface area is 160 Å². The zero-order valence-electron chi connectivity index (χ0n) is 15.1. The number of rotatable bonds is 2. The Morgan fingerprint density at radius 3 is 2.79 bits per heavy atom. The number of para-hydroxylation sites is 1. The molecule has 3 aliphatic heterocycles. The van der Waals surface area contributed by atoms with Crippen LogP contribution in [0.1, 0.15) is 30.9 Å². The molecule has 1 aromatic carbocycles. The number of fused-ring (bicyclic) bond motifs is 1. The average molecular weight is 397 g/mol. The third-order valence-electron chi connectivity index (χ3n) is 5.89. The number of alkyl halides is 3. The minimum absolute atomic E-state index is 0.313. The zero-order valence-corrected chi connectivity index (χ0v) is 15.1. The number of amides is 2. The first-order chi connectivity index (χ1) is 13.3. The Kier molecular flexibility index (Phi) is 4.73. The summed E-state index contributed by atoms with van der Waals surface area (Å²) in [5.41, 5.74) is 0.285. The number of nitrogens with one attached hydrogen (secondary N) is 3. The van der Waals surface area contributed by atoms with Gasteiger partial charge >= 0.3 is 6.18 Å². The number of hydrogen-bond donors (Lipinski definition) is 3. The van der Waals surface area contributed by atoms with E-state index >= 15 is 0 Å². The Balaban J connectivity index is 1.57.